The van der Waals surface area contributed by atoms with Gasteiger partial charge < -0.3 is 15.0 Å². The standard InChI is InChI=1S/C16H26ClN3O/c1-12(2)18-9-14-8-16(19-10-15(14)17)20(3)11-13-4-6-21-7-5-13/h8,10,12-13,18H,4-7,9,11H2,1-3H3. The van der Waals surface area contributed by atoms with Crippen LogP contribution < -0.4 is 10.2 Å². The van der Waals surface area contributed by atoms with Gasteiger partial charge in [0.05, 0.1) is 5.02 Å². The summed E-state index contributed by atoms with van der Waals surface area (Å²) in [6.45, 7) is 7.83. The second-order valence-corrected chi connectivity index (χ2v) is 6.51. The van der Waals surface area contributed by atoms with Crippen LogP contribution in [0.25, 0.3) is 0 Å². The molecule has 0 unspecified atom stereocenters. The maximum absolute atomic E-state index is 6.24. The van der Waals surface area contributed by atoms with Gasteiger partial charge in [-0.2, -0.15) is 0 Å². The summed E-state index contributed by atoms with van der Waals surface area (Å²) < 4.78 is 5.42. The molecule has 0 aliphatic carbocycles. The van der Waals surface area contributed by atoms with Crippen molar-refractivity contribution in [3.63, 3.8) is 0 Å². The van der Waals surface area contributed by atoms with E-state index in [1.165, 1.54) is 0 Å². The first-order valence-electron chi connectivity index (χ1n) is 7.73. The normalized spacial score (nSPS) is 16.4. The van der Waals surface area contributed by atoms with Crippen LogP contribution in [-0.2, 0) is 11.3 Å². The van der Waals surface area contributed by atoms with Crippen LogP contribution in [0.4, 0.5) is 5.82 Å². The molecule has 1 aromatic rings. The van der Waals surface area contributed by atoms with Gasteiger partial charge in [0.1, 0.15) is 5.82 Å². The average Bonchev–Trinajstić information content (AvgIpc) is 2.47. The fraction of sp³-hybridized carbons (Fsp3) is 0.688. The molecule has 1 N–H and O–H groups in total. The SMILES string of the molecule is CC(C)NCc1cc(N(C)CC2CCOCC2)ncc1Cl. The predicted molar refractivity (Wildman–Crippen MR) is 88.0 cm³/mol. The van der Waals surface area contributed by atoms with Crippen molar-refractivity contribution < 1.29 is 4.74 Å². The molecule has 1 saturated heterocycles. The molecule has 1 aliphatic heterocycles. The van der Waals surface area contributed by atoms with Crippen LogP contribution in [0.3, 0.4) is 0 Å². The number of ether oxygens (including phenoxy) is 1. The number of aromatic nitrogens is 1. The van der Waals surface area contributed by atoms with Gasteiger partial charge in [0.15, 0.2) is 0 Å². The molecule has 2 rings (SSSR count). The van der Waals surface area contributed by atoms with Gasteiger partial charge in [-0.1, -0.05) is 25.4 Å². The summed E-state index contributed by atoms with van der Waals surface area (Å²) >= 11 is 6.24. The third-order valence-electron chi connectivity index (χ3n) is 3.89. The number of hydrogen-bond donors (Lipinski definition) is 1. The lowest BCUT2D eigenvalue weighted by Gasteiger charge is -2.28. The summed E-state index contributed by atoms with van der Waals surface area (Å²) in [6.07, 6.45) is 4.04. The van der Waals surface area contributed by atoms with Crippen molar-refractivity contribution in [1.82, 2.24) is 10.3 Å². The second kappa shape index (κ2) is 7.97. The Labute approximate surface area is 132 Å². The smallest absolute Gasteiger partial charge is 0.128 e. The summed E-state index contributed by atoms with van der Waals surface area (Å²) in [5.74, 6) is 1.69. The van der Waals surface area contributed by atoms with Gasteiger partial charge in [0.25, 0.3) is 0 Å². The molecule has 0 bridgehead atoms. The molecule has 21 heavy (non-hydrogen) atoms. The van der Waals surface area contributed by atoms with Gasteiger partial charge in [-0.05, 0) is 30.4 Å². The maximum Gasteiger partial charge on any atom is 0.128 e. The first kappa shape index (κ1) is 16.5. The summed E-state index contributed by atoms with van der Waals surface area (Å²) in [5, 5.41) is 4.13. The van der Waals surface area contributed by atoms with Crippen LogP contribution in [-0.4, -0.2) is 37.8 Å². The molecular weight excluding hydrogens is 286 g/mol. The van der Waals surface area contributed by atoms with E-state index in [0.717, 1.165) is 55.5 Å². The quantitative estimate of drug-likeness (QED) is 0.876. The first-order valence-corrected chi connectivity index (χ1v) is 8.10. The molecule has 0 spiro atoms. The van der Waals surface area contributed by atoms with Crippen molar-refractivity contribution >= 4 is 17.4 Å². The van der Waals surface area contributed by atoms with E-state index in [4.69, 9.17) is 16.3 Å². The molecule has 1 aromatic heterocycles. The van der Waals surface area contributed by atoms with Gasteiger partial charge in [0, 0.05) is 45.6 Å². The minimum absolute atomic E-state index is 0.442. The van der Waals surface area contributed by atoms with E-state index in [-0.39, 0.29) is 0 Å². The summed E-state index contributed by atoms with van der Waals surface area (Å²) in [5.41, 5.74) is 1.11. The molecule has 1 aliphatic rings. The summed E-state index contributed by atoms with van der Waals surface area (Å²) in [4.78, 5) is 6.69. The highest BCUT2D eigenvalue weighted by Crippen LogP contribution is 2.22. The molecule has 0 atom stereocenters. The minimum atomic E-state index is 0.442. The van der Waals surface area contributed by atoms with E-state index in [9.17, 15) is 0 Å². The van der Waals surface area contributed by atoms with E-state index in [1.54, 1.807) is 6.20 Å². The van der Waals surface area contributed by atoms with Crippen LogP contribution >= 0.6 is 11.6 Å². The van der Waals surface area contributed by atoms with E-state index in [0.29, 0.717) is 12.0 Å². The topological polar surface area (TPSA) is 37.4 Å². The lowest BCUT2D eigenvalue weighted by Crippen LogP contribution is -2.30. The molecule has 1 fully saturated rings. The summed E-state index contributed by atoms with van der Waals surface area (Å²) in [7, 11) is 2.10. The van der Waals surface area contributed by atoms with Crippen molar-refractivity contribution in [2.24, 2.45) is 5.92 Å². The Bertz CT molecular complexity index is 447. The lowest BCUT2D eigenvalue weighted by atomic mass is 10.00. The van der Waals surface area contributed by atoms with Crippen molar-refractivity contribution in [3.05, 3.63) is 22.8 Å². The summed E-state index contributed by atoms with van der Waals surface area (Å²) in [6, 6.07) is 2.54. The lowest BCUT2D eigenvalue weighted by molar-refractivity contribution is 0.0685. The largest absolute Gasteiger partial charge is 0.381 e. The second-order valence-electron chi connectivity index (χ2n) is 6.11. The third kappa shape index (κ3) is 5.13. The Morgan fingerprint density at radius 3 is 2.81 bits per heavy atom. The molecule has 0 saturated carbocycles. The number of nitrogens with zero attached hydrogens (tertiary/aromatic N) is 2. The number of anilines is 1. The van der Waals surface area contributed by atoms with E-state index in [1.807, 2.05) is 0 Å². The van der Waals surface area contributed by atoms with Crippen LogP contribution in [0.5, 0.6) is 0 Å². The average molecular weight is 312 g/mol. The highest BCUT2D eigenvalue weighted by molar-refractivity contribution is 6.31. The highest BCUT2D eigenvalue weighted by atomic mass is 35.5. The zero-order valence-corrected chi connectivity index (χ0v) is 14.0. The highest BCUT2D eigenvalue weighted by Gasteiger charge is 2.17. The van der Waals surface area contributed by atoms with Crippen LogP contribution in [0, 0.1) is 5.92 Å². The van der Waals surface area contributed by atoms with Crippen molar-refractivity contribution in [3.8, 4) is 0 Å². The zero-order valence-electron chi connectivity index (χ0n) is 13.2. The number of halogens is 1. The van der Waals surface area contributed by atoms with Crippen LogP contribution in [0.1, 0.15) is 32.3 Å². The van der Waals surface area contributed by atoms with Gasteiger partial charge in [0.2, 0.25) is 0 Å². The monoisotopic (exact) mass is 311 g/mol. The molecule has 0 radical (unpaired) electrons. The fourth-order valence-electron chi connectivity index (χ4n) is 2.54. The Morgan fingerprint density at radius 1 is 1.43 bits per heavy atom. The number of hydrogen-bond acceptors (Lipinski definition) is 4. The Morgan fingerprint density at radius 2 is 2.14 bits per heavy atom. The minimum Gasteiger partial charge on any atom is -0.381 e. The van der Waals surface area contributed by atoms with E-state index in [2.05, 4.69) is 42.2 Å². The van der Waals surface area contributed by atoms with Crippen molar-refractivity contribution in [1.29, 1.82) is 0 Å². The Hall–Kier alpha value is -0.840. The molecule has 5 heteroatoms. The Kier molecular flexibility index (Phi) is 6.27. The van der Waals surface area contributed by atoms with E-state index < -0.39 is 0 Å². The fourth-order valence-corrected chi connectivity index (χ4v) is 2.71. The van der Waals surface area contributed by atoms with Crippen LogP contribution in [0.15, 0.2) is 12.3 Å². The number of rotatable bonds is 6. The van der Waals surface area contributed by atoms with Gasteiger partial charge in [-0.25, -0.2) is 4.98 Å². The molecule has 118 valence electrons. The van der Waals surface area contributed by atoms with Gasteiger partial charge in [-0.3, -0.25) is 0 Å². The number of pyridine rings is 1. The zero-order chi connectivity index (χ0) is 15.2. The molecule has 4 nitrogen and oxygen atoms in total. The predicted octanol–water partition coefficient (Wildman–Crippen LogP) is 3.10. The molecule has 0 aromatic carbocycles. The maximum atomic E-state index is 6.24. The Balaban J connectivity index is 1.99. The molecular formula is C16H26ClN3O. The molecule has 0 amide bonds. The van der Waals surface area contributed by atoms with Gasteiger partial charge in [-0.15, -0.1) is 0 Å². The first-order chi connectivity index (χ1) is 10.1. The van der Waals surface area contributed by atoms with Crippen molar-refractivity contribution in [2.45, 2.75) is 39.3 Å². The number of nitrogens with one attached hydrogen (secondary N) is 1. The third-order valence-corrected chi connectivity index (χ3v) is 4.23. The van der Waals surface area contributed by atoms with Crippen molar-refractivity contribution in [2.75, 3.05) is 31.7 Å². The van der Waals surface area contributed by atoms with Gasteiger partial charge >= 0.3 is 0 Å². The van der Waals surface area contributed by atoms with E-state index >= 15 is 0 Å². The molecule has 2 heterocycles. The van der Waals surface area contributed by atoms with Crippen LogP contribution in [0.2, 0.25) is 5.02 Å².